The molecule has 0 unspecified atom stereocenters. The Kier molecular flexibility index (Phi) is 4.14. The quantitative estimate of drug-likeness (QED) is 0.734. The minimum Gasteiger partial charge on any atom is -0.280 e. The summed E-state index contributed by atoms with van der Waals surface area (Å²) in [5.41, 5.74) is 1.15. The van der Waals surface area contributed by atoms with E-state index in [1.165, 1.54) is 16.8 Å². The molecule has 0 saturated heterocycles. The van der Waals surface area contributed by atoms with Gasteiger partial charge in [0.05, 0.1) is 4.90 Å². The van der Waals surface area contributed by atoms with Crippen molar-refractivity contribution in [2.45, 2.75) is 4.90 Å². The first-order valence-electron chi connectivity index (χ1n) is 6.57. The lowest BCUT2D eigenvalue weighted by Gasteiger charge is -2.09. The molecule has 0 atom stereocenters. The van der Waals surface area contributed by atoms with Crippen LogP contribution in [0.1, 0.15) is 0 Å². The molecule has 0 aliphatic heterocycles. The van der Waals surface area contributed by atoms with Crippen molar-refractivity contribution < 1.29 is 8.42 Å². The number of rotatable bonds is 4. The fraction of sp³-hybridized carbons (Fsp3) is 0.0714. The molecule has 3 aromatic rings. The van der Waals surface area contributed by atoms with Crippen LogP contribution in [0, 0.1) is 0 Å². The summed E-state index contributed by atoms with van der Waals surface area (Å²) in [6, 6.07) is 13.3. The van der Waals surface area contributed by atoms with Crippen LogP contribution in [0.4, 0.5) is 5.69 Å². The molecule has 0 saturated carbocycles. The van der Waals surface area contributed by atoms with Crippen LogP contribution < -0.4 is 4.72 Å². The molecule has 1 N–H and O–H groups in total. The summed E-state index contributed by atoms with van der Waals surface area (Å²) in [5, 5.41) is 11.3. The van der Waals surface area contributed by atoms with Gasteiger partial charge in [-0.2, -0.15) is 0 Å². The lowest BCUT2D eigenvalue weighted by molar-refractivity contribution is 0.601. The third kappa shape index (κ3) is 3.40. The Balaban J connectivity index is 1.91. The van der Waals surface area contributed by atoms with Crippen LogP contribution in [0.5, 0.6) is 0 Å². The number of aryl methyl sites for hydroxylation is 1. The molecular formula is C14H12BrN5O2S. The molecule has 0 aliphatic rings. The zero-order valence-electron chi connectivity index (χ0n) is 12.0. The largest absolute Gasteiger partial charge is 0.280 e. The summed E-state index contributed by atoms with van der Waals surface area (Å²) in [5.74, 6) is 0.551. The lowest BCUT2D eigenvalue weighted by atomic mass is 10.2. The molecule has 118 valence electrons. The van der Waals surface area contributed by atoms with Gasteiger partial charge in [-0.25, -0.2) is 13.1 Å². The highest BCUT2D eigenvalue weighted by Gasteiger charge is 2.15. The summed E-state index contributed by atoms with van der Waals surface area (Å²) < 4.78 is 29.7. The third-order valence-electron chi connectivity index (χ3n) is 3.12. The second kappa shape index (κ2) is 6.09. The summed E-state index contributed by atoms with van der Waals surface area (Å²) in [6.07, 6.45) is 0. The smallest absolute Gasteiger partial charge is 0.261 e. The summed E-state index contributed by atoms with van der Waals surface area (Å²) in [6.45, 7) is 0. The van der Waals surface area contributed by atoms with Gasteiger partial charge in [0.25, 0.3) is 10.0 Å². The molecule has 3 rings (SSSR count). The van der Waals surface area contributed by atoms with Gasteiger partial charge in [-0.3, -0.25) is 4.72 Å². The van der Waals surface area contributed by atoms with E-state index in [9.17, 15) is 8.42 Å². The van der Waals surface area contributed by atoms with Crippen LogP contribution in [0.15, 0.2) is 57.9 Å². The first kappa shape index (κ1) is 15.6. The first-order valence-corrected chi connectivity index (χ1v) is 8.84. The zero-order valence-corrected chi connectivity index (χ0v) is 14.4. The SMILES string of the molecule is Cn1nnnc1-c1cccc(NS(=O)(=O)c2ccc(Br)cc2)c1. The molecule has 0 aliphatic carbocycles. The minimum atomic E-state index is -3.66. The Hall–Kier alpha value is -2.26. The predicted molar refractivity (Wildman–Crippen MR) is 89.2 cm³/mol. The molecule has 1 heterocycles. The van der Waals surface area contributed by atoms with Crippen LogP contribution in [0.2, 0.25) is 0 Å². The number of hydrogen-bond acceptors (Lipinski definition) is 5. The molecule has 9 heteroatoms. The maximum absolute atomic E-state index is 12.4. The number of benzene rings is 2. The van der Waals surface area contributed by atoms with E-state index in [0.29, 0.717) is 17.1 Å². The summed E-state index contributed by atoms with van der Waals surface area (Å²) >= 11 is 3.28. The topological polar surface area (TPSA) is 89.8 Å². The highest BCUT2D eigenvalue weighted by atomic mass is 79.9. The number of nitrogens with zero attached hydrogens (tertiary/aromatic N) is 4. The van der Waals surface area contributed by atoms with E-state index in [4.69, 9.17) is 0 Å². The van der Waals surface area contributed by atoms with Crippen molar-refractivity contribution in [3.8, 4) is 11.4 Å². The summed E-state index contributed by atoms with van der Waals surface area (Å²) in [4.78, 5) is 0.187. The van der Waals surface area contributed by atoms with Gasteiger partial charge in [0, 0.05) is 22.8 Å². The highest BCUT2D eigenvalue weighted by Crippen LogP contribution is 2.22. The highest BCUT2D eigenvalue weighted by molar-refractivity contribution is 9.10. The van der Waals surface area contributed by atoms with Crippen molar-refractivity contribution in [3.05, 3.63) is 53.0 Å². The molecule has 7 nitrogen and oxygen atoms in total. The molecule has 0 spiro atoms. The normalized spacial score (nSPS) is 11.4. The van der Waals surface area contributed by atoms with Crippen LogP contribution in [-0.4, -0.2) is 28.6 Å². The minimum absolute atomic E-state index is 0.187. The first-order chi connectivity index (χ1) is 11.0. The molecule has 2 aromatic carbocycles. The molecular weight excluding hydrogens is 382 g/mol. The Morgan fingerprint density at radius 3 is 2.52 bits per heavy atom. The maximum Gasteiger partial charge on any atom is 0.261 e. The van der Waals surface area contributed by atoms with Gasteiger partial charge < -0.3 is 0 Å². The number of aromatic nitrogens is 4. The standard InChI is InChI=1S/C14H12BrN5O2S/c1-20-14(16-18-19-20)10-3-2-4-12(9-10)17-23(21,22)13-7-5-11(15)6-8-13/h2-9,17H,1H3. The third-order valence-corrected chi connectivity index (χ3v) is 5.04. The van der Waals surface area contributed by atoms with E-state index in [1.54, 1.807) is 37.4 Å². The van der Waals surface area contributed by atoms with Gasteiger partial charge >= 0.3 is 0 Å². The van der Waals surface area contributed by atoms with Gasteiger partial charge in [0.2, 0.25) is 0 Å². The van der Waals surface area contributed by atoms with Gasteiger partial charge in [-0.05, 0) is 46.8 Å². The van der Waals surface area contributed by atoms with Crippen LogP contribution in [0.3, 0.4) is 0 Å². The fourth-order valence-electron chi connectivity index (χ4n) is 2.02. The fourth-order valence-corrected chi connectivity index (χ4v) is 3.34. The number of anilines is 1. The molecule has 23 heavy (non-hydrogen) atoms. The molecule has 0 bridgehead atoms. The maximum atomic E-state index is 12.4. The second-order valence-electron chi connectivity index (χ2n) is 4.77. The van der Waals surface area contributed by atoms with E-state index < -0.39 is 10.0 Å². The van der Waals surface area contributed by atoms with Crippen molar-refractivity contribution >= 4 is 31.6 Å². The van der Waals surface area contributed by atoms with Crippen molar-refractivity contribution in [2.24, 2.45) is 7.05 Å². The van der Waals surface area contributed by atoms with Gasteiger partial charge in [-0.1, -0.05) is 28.1 Å². The van der Waals surface area contributed by atoms with E-state index >= 15 is 0 Å². The lowest BCUT2D eigenvalue weighted by Crippen LogP contribution is -2.12. The van der Waals surface area contributed by atoms with Gasteiger partial charge in [-0.15, -0.1) is 5.10 Å². The van der Waals surface area contributed by atoms with Gasteiger partial charge in [0.15, 0.2) is 5.82 Å². The van der Waals surface area contributed by atoms with E-state index in [1.807, 2.05) is 6.07 Å². The number of tetrazole rings is 1. The second-order valence-corrected chi connectivity index (χ2v) is 7.36. The van der Waals surface area contributed by atoms with E-state index in [0.717, 1.165) is 4.47 Å². The van der Waals surface area contributed by atoms with Gasteiger partial charge in [0.1, 0.15) is 0 Å². The number of halogens is 1. The Morgan fingerprint density at radius 1 is 1.13 bits per heavy atom. The Bertz CT molecular complexity index is 938. The average molecular weight is 394 g/mol. The molecule has 0 fully saturated rings. The predicted octanol–water partition coefficient (Wildman–Crippen LogP) is 2.44. The van der Waals surface area contributed by atoms with Crippen molar-refractivity contribution in [3.63, 3.8) is 0 Å². The van der Waals surface area contributed by atoms with Crippen LogP contribution >= 0.6 is 15.9 Å². The summed E-state index contributed by atoms with van der Waals surface area (Å²) in [7, 11) is -1.94. The zero-order chi connectivity index (χ0) is 16.4. The number of sulfonamides is 1. The number of nitrogens with one attached hydrogen (secondary N) is 1. The number of hydrogen-bond donors (Lipinski definition) is 1. The molecule has 0 radical (unpaired) electrons. The molecule has 0 amide bonds. The van der Waals surface area contributed by atoms with E-state index in [2.05, 4.69) is 36.2 Å². The van der Waals surface area contributed by atoms with Crippen molar-refractivity contribution in [2.75, 3.05) is 4.72 Å². The van der Waals surface area contributed by atoms with Crippen LogP contribution in [0.25, 0.3) is 11.4 Å². The monoisotopic (exact) mass is 393 g/mol. The Morgan fingerprint density at radius 2 is 1.87 bits per heavy atom. The Labute approximate surface area is 141 Å². The van der Waals surface area contributed by atoms with Crippen LogP contribution in [-0.2, 0) is 17.1 Å². The molecule has 1 aromatic heterocycles. The van der Waals surface area contributed by atoms with Crippen molar-refractivity contribution in [1.82, 2.24) is 20.2 Å². The van der Waals surface area contributed by atoms with E-state index in [-0.39, 0.29) is 4.90 Å². The van der Waals surface area contributed by atoms with Crippen molar-refractivity contribution in [1.29, 1.82) is 0 Å². The average Bonchev–Trinajstić information content (AvgIpc) is 2.94.